The molecular formula is C19H16FNO4S. The second kappa shape index (κ2) is 7.45. The lowest BCUT2D eigenvalue weighted by Crippen LogP contribution is -2.13. The number of anilines is 1. The van der Waals surface area contributed by atoms with Gasteiger partial charge in [0.2, 0.25) is 0 Å². The van der Waals surface area contributed by atoms with E-state index in [4.69, 9.17) is 9.47 Å². The van der Waals surface area contributed by atoms with Crippen LogP contribution in [0.25, 0.3) is 0 Å². The van der Waals surface area contributed by atoms with Crippen molar-refractivity contribution in [3.05, 3.63) is 78.6 Å². The fraction of sp³-hybridized carbons (Fsp3) is 0.0526. The maximum Gasteiger partial charge on any atom is 0.262 e. The van der Waals surface area contributed by atoms with Crippen LogP contribution in [-0.2, 0) is 10.0 Å². The molecule has 0 aliphatic carbocycles. The van der Waals surface area contributed by atoms with Crippen LogP contribution in [0.1, 0.15) is 0 Å². The zero-order chi connectivity index (χ0) is 18.6. The van der Waals surface area contributed by atoms with Crippen LogP contribution < -0.4 is 14.2 Å². The summed E-state index contributed by atoms with van der Waals surface area (Å²) in [6.07, 6.45) is 0. The zero-order valence-corrected chi connectivity index (χ0v) is 14.7. The van der Waals surface area contributed by atoms with E-state index in [1.165, 1.54) is 13.2 Å². The van der Waals surface area contributed by atoms with Gasteiger partial charge in [-0.1, -0.05) is 18.2 Å². The molecule has 0 unspecified atom stereocenters. The summed E-state index contributed by atoms with van der Waals surface area (Å²) in [5, 5.41) is 0. The molecule has 0 radical (unpaired) electrons. The molecule has 26 heavy (non-hydrogen) atoms. The molecule has 0 aliphatic heterocycles. The summed E-state index contributed by atoms with van der Waals surface area (Å²) in [6.45, 7) is 0. The van der Waals surface area contributed by atoms with Crippen molar-refractivity contribution in [2.45, 2.75) is 4.90 Å². The molecule has 0 bridgehead atoms. The predicted molar refractivity (Wildman–Crippen MR) is 96.7 cm³/mol. The largest absolute Gasteiger partial charge is 0.494 e. The lowest BCUT2D eigenvalue weighted by molar-refractivity contribution is 0.385. The fourth-order valence-corrected chi connectivity index (χ4v) is 3.31. The summed E-state index contributed by atoms with van der Waals surface area (Å²) >= 11 is 0. The first-order valence-corrected chi connectivity index (χ1v) is 9.15. The normalized spacial score (nSPS) is 11.0. The van der Waals surface area contributed by atoms with Crippen molar-refractivity contribution in [2.24, 2.45) is 0 Å². The summed E-state index contributed by atoms with van der Waals surface area (Å²) in [6, 6.07) is 19.0. The molecular weight excluding hydrogens is 357 g/mol. The Morgan fingerprint density at radius 1 is 0.885 bits per heavy atom. The van der Waals surface area contributed by atoms with E-state index in [1.54, 1.807) is 24.3 Å². The molecule has 7 heteroatoms. The number of nitrogens with one attached hydrogen (secondary N) is 1. The molecule has 0 atom stereocenters. The van der Waals surface area contributed by atoms with Crippen molar-refractivity contribution >= 4 is 15.7 Å². The Labute approximate surface area is 151 Å². The smallest absolute Gasteiger partial charge is 0.262 e. The molecule has 0 amide bonds. The molecule has 0 spiro atoms. The number of ether oxygens (including phenoxy) is 2. The molecule has 3 aromatic carbocycles. The van der Waals surface area contributed by atoms with Crippen LogP contribution in [0.5, 0.6) is 17.2 Å². The minimum atomic E-state index is -3.87. The van der Waals surface area contributed by atoms with Gasteiger partial charge in [0.15, 0.2) is 11.6 Å². The third-order valence-electron chi connectivity index (χ3n) is 3.52. The summed E-state index contributed by atoms with van der Waals surface area (Å²) in [4.78, 5) is -0.0969. The highest BCUT2D eigenvalue weighted by molar-refractivity contribution is 7.92. The first-order valence-electron chi connectivity index (χ1n) is 7.67. The Balaban J connectivity index is 1.75. The van der Waals surface area contributed by atoms with Crippen molar-refractivity contribution in [2.75, 3.05) is 11.8 Å². The minimum Gasteiger partial charge on any atom is -0.494 e. The summed E-state index contributed by atoms with van der Waals surface area (Å²) in [5.41, 5.74) is 0.355. The van der Waals surface area contributed by atoms with Crippen LogP contribution in [0.15, 0.2) is 77.7 Å². The van der Waals surface area contributed by atoms with Crippen molar-refractivity contribution in [1.82, 2.24) is 0 Å². The van der Waals surface area contributed by atoms with Gasteiger partial charge in [-0.3, -0.25) is 4.72 Å². The average Bonchev–Trinajstić information content (AvgIpc) is 2.64. The molecule has 0 saturated heterocycles. The first kappa shape index (κ1) is 17.8. The Hall–Kier alpha value is -3.06. The predicted octanol–water partition coefficient (Wildman–Crippen LogP) is 4.43. The molecule has 0 fully saturated rings. The zero-order valence-electron chi connectivity index (χ0n) is 13.8. The lowest BCUT2D eigenvalue weighted by Gasteiger charge is -2.11. The van der Waals surface area contributed by atoms with Crippen LogP contribution >= 0.6 is 0 Å². The molecule has 3 rings (SSSR count). The van der Waals surface area contributed by atoms with E-state index in [9.17, 15) is 12.8 Å². The van der Waals surface area contributed by atoms with Gasteiger partial charge in [-0.2, -0.15) is 0 Å². The number of sulfonamides is 1. The highest BCUT2D eigenvalue weighted by Gasteiger charge is 2.17. The van der Waals surface area contributed by atoms with E-state index in [0.29, 0.717) is 17.2 Å². The van der Waals surface area contributed by atoms with E-state index in [1.807, 2.05) is 30.3 Å². The highest BCUT2D eigenvalue weighted by Crippen LogP contribution is 2.26. The Morgan fingerprint density at radius 2 is 1.54 bits per heavy atom. The standard InChI is InChI=1S/C19H16FNO4S/c1-24-19-13-17(11-12-18(19)20)26(22,23)21-14-7-9-16(10-8-14)25-15-5-3-2-4-6-15/h2-13,21H,1H3. The maximum absolute atomic E-state index is 13.5. The number of halogens is 1. The topological polar surface area (TPSA) is 64.6 Å². The molecule has 3 aromatic rings. The van der Waals surface area contributed by atoms with Crippen LogP contribution in [0, 0.1) is 5.82 Å². The van der Waals surface area contributed by atoms with E-state index < -0.39 is 15.8 Å². The Kier molecular flexibility index (Phi) is 5.09. The number of hydrogen-bond acceptors (Lipinski definition) is 4. The van der Waals surface area contributed by atoms with Gasteiger partial charge in [-0.25, -0.2) is 12.8 Å². The third kappa shape index (κ3) is 4.12. The van der Waals surface area contributed by atoms with E-state index in [2.05, 4.69) is 4.72 Å². The highest BCUT2D eigenvalue weighted by atomic mass is 32.2. The maximum atomic E-state index is 13.5. The van der Waals surface area contributed by atoms with Crippen LogP contribution in [-0.4, -0.2) is 15.5 Å². The van der Waals surface area contributed by atoms with Gasteiger partial charge in [0, 0.05) is 11.8 Å². The second-order valence-electron chi connectivity index (χ2n) is 5.34. The van der Waals surface area contributed by atoms with Crippen molar-refractivity contribution in [3.63, 3.8) is 0 Å². The van der Waals surface area contributed by atoms with E-state index in [0.717, 1.165) is 12.1 Å². The van der Waals surface area contributed by atoms with Gasteiger partial charge < -0.3 is 9.47 Å². The van der Waals surface area contributed by atoms with Gasteiger partial charge in [-0.05, 0) is 48.5 Å². The van der Waals surface area contributed by atoms with Gasteiger partial charge >= 0.3 is 0 Å². The third-order valence-corrected chi connectivity index (χ3v) is 4.90. The van der Waals surface area contributed by atoms with Gasteiger partial charge in [0.1, 0.15) is 11.5 Å². The number of hydrogen-bond donors (Lipinski definition) is 1. The molecule has 1 N–H and O–H groups in total. The van der Waals surface area contributed by atoms with Gasteiger partial charge in [0.25, 0.3) is 10.0 Å². The van der Waals surface area contributed by atoms with Crippen molar-refractivity contribution in [1.29, 1.82) is 0 Å². The van der Waals surface area contributed by atoms with Gasteiger partial charge in [0.05, 0.1) is 12.0 Å². The average molecular weight is 373 g/mol. The number of para-hydroxylation sites is 1. The molecule has 0 saturated carbocycles. The lowest BCUT2D eigenvalue weighted by atomic mass is 10.3. The van der Waals surface area contributed by atoms with Crippen LogP contribution in [0.4, 0.5) is 10.1 Å². The van der Waals surface area contributed by atoms with Crippen LogP contribution in [0.2, 0.25) is 0 Å². The number of methoxy groups -OCH3 is 1. The molecule has 134 valence electrons. The monoisotopic (exact) mass is 373 g/mol. The molecule has 5 nitrogen and oxygen atoms in total. The van der Waals surface area contributed by atoms with Crippen molar-refractivity contribution < 1.29 is 22.3 Å². The summed E-state index contributed by atoms with van der Waals surface area (Å²) in [5.74, 6) is 0.482. The summed E-state index contributed by atoms with van der Waals surface area (Å²) in [7, 11) is -2.60. The fourth-order valence-electron chi connectivity index (χ4n) is 2.24. The van der Waals surface area contributed by atoms with Gasteiger partial charge in [-0.15, -0.1) is 0 Å². The Morgan fingerprint density at radius 3 is 2.19 bits per heavy atom. The second-order valence-corrected chi connectivity index (χ2v) is 7.02. The van der Waals surface area contributed by atoms with Crippen molar-refractivity contribution in [3.8, 4) is 17.2 Å². The van der Waals surface area contributed by atoms with E-state index in [-0.39, 0.29) is 10.6 Å². The SMILES string of the molecule is COc1cc(S(=O)(=O)Nc2ccc(Oc3ccccc3)cc2)ccc1F. The van der Waals surface area contributed by atoms with E-state index >= 15 is 0 Å². The number of rotatable bonds is 6. The quantitative estimate of drug-likeness (QED) is 0.694. The molecule has 0 aromatic heterocycles. The first-order chi connectivity index (χ1) is 12.5. The Bertz CT molecular complexity index is 990. The number of benzene rings is 3. The minimum absolute atomic E-state index is 0.0969. The van der Waals surface area contributed by atoms with Crippen LogP contribution in [0.3, 0.4) is 0 Å². The molecule has 0 heterocycles. The summed E-state index contributed by atoms with van der Waals surface area (Å²) < 4.78 is 51.2. The molecule has 0 aliphatic rings.